The maximum Gasteiger partial charge on any atom is 0.265 e. The SMILES string of the molecule is COc1ccc(CN(c2ccon2)S(=O)(=O)c2ccc3c(-c4cc(Cl)c(-c5cccc(F)c5)cc4OC)nc[c]c3c2)cc1. The molecule has 221 valence electrons. The minimum Gasteiger partial charge on any atom is -0.497 e. The number of hydrogen-bond acceptors (Lipinski definition) is 7. The van der Waals surface area contributed by atoms with Crippen molar-refractivity contribution in [1.29, 1.82) is 0 Å². The minimum absolute atomic E-state index is 0.00949. The highest BCUT2D eigenvalue weighted by atomic mass is 35.5. The largest absolute Gasteiger partial charge is 0.497 e. The Morgan fingerprint density at radius 2 is 1.77 bits per heavy atom. The van der Waals surface area contributed by atoms with E-state index in [9.17, 15) is 12.8 Å². The molecule has 0 amide bonds. The van der Waals surface area contributed by atoms with Crippen LogP contribution in [-0.4, -0.2) is 32.8 Å². The third-order valence-electron chi connectivity index (χ3n) is 7.09. The predicted octanol–water partition coefficient (Wildman–Crippen LogP) is 7.56. The number of ether oxygens (including phenoxy) is 2. The summed E-state index contributed by atoms with van der Waals surface area (Å²) in [5.74, 6) is 0.866. The number of rotatable bonds is 9. The Hall–Kier alpha value is -4.93. The summed E-state index contributed by atoms with van der Waals surface area (Å²) in [7, 11) is -1.02. The number of benzene rings is 4. The van der Waals surface area contributed by atoms with Gasteiger partial charge in [0.25, 0.3) is 10.0 Å². The minimum atomic E-state index is -4.10. The normalized spacial score (nSPS) is 11.5. The maximum absolute atomic E-state index is 14.0. The molecule has 0 unspecified atom stereocenters. The van der Waals surface area contributed by atoms with Gasteiger partial charge in [0, 0.05) is 39.9 Å². The Kier molecular flexibility index (Phi) is 7.94. The molecule has 44 heavy (non-hydrogen) atoms. The van der Waals surface area contributed by atoms with Crippen LogP contribution in [0.1, 0.15) is 5.56 Å². The van der Waals surface area contributed by atoms with E-state index in [-0.39, 0.29) is 23.1 Å². The molecule has 0 aliphatic heterocycles. The summed E-state index contributed by atoms with van der Waals surface area (Å²) in [6.07, 6.45) is 2.78. The van der Waals surface area contributed by atoms with Gasteiger partial charge < -0.3 is 14.0 Å². The van der Waals surface area contributed by atoms with Gasteiger partial charge in [0.15, 0.2) is 5.82 Å². The van der Waals surface area contributed by atoms with Crippen LogP contribution in [0.25, 0.3) is 33.2 Å². The molecule has 0 fully saturated rings. The number of fused-ring (bicyclic) bond motifs is 1. The highest BCUT2D eigenvalue weighted by Crippen LogP contribution is 2.41. The molecule has 0 atom stereocenters. The van der Waals surface area contributed by atoms with Gasteiger partial charge in [-0.05, 0) is 65.0 Å². The number of anilines is 1. The lowest BCUT2D eigenvalue weighted by Crippen LogP contribution is -2.30. The molecular weight excluding hydrogens is 605 g/mol. The maximum atomic E-state index is 14.0. The Balaban J connectivity index is 1.41. The quantitative estimate of drug-likeness (QED) is 0.163. The van der Waals surface area contributed by atoms with E-state index in [1.165, 1.54) is 54.2 Å². The van der Waals surface area contributed by atoms with E-state index >= 15 is 0 Å². The average Bonchev–Trinajstić information content (AvgIpc) is 3.58. The summed E-state index contributed by atoms with van der Waals surface area (Å²) >= 11 is 6.68. The summed E-state index contributed by atoms with van der Waals surface area (Å²) in [6, 6.07) is 25.9. The van der Waals surface area contributed by atoms with Gasteiger partial charge in [-0.25, -0.2) is 17.1 Å². The van der Waals surface area contributed by atoms with Crippen LogP contribution in [0, 0.1) is 11.9 Å². The van der Waals surface area contributed by atoms with Crippen LogP contribution in [0.15, 0.2) is 107 Å². The molecule has 0 saturated carbocycles. The molecule has 0 spiro atoms. The second-order valence-corrected chi connectivity index (χ2v) is 12.0. The second kappa shape index (κ2) is 12.0. The number of methoxy groups -OCH3 is 2. The molecule has 2 aromatic heterocycles. The van der Waals surface area contributed by atoms with Crippen LogP contribution in [-0.2, 0) is 16.6 Å². The lowest BCUT2D eigenvalue weighted by molar-refractivity contribution is 0.414. The van der Waals surface area contributed by atoms with Crippen molar-refractivity contribution in [1.82, 2.24) is 10.1 Å². The van der Waals surface area contributed by atoms with Gasteiger partial charge >= 0.3 is 0 Å². The first-order chi connectivity index (χ1) is 21.3. The van der Waals surface area contributed by atoms with Crippen LogP contribution < -0.4 is 13.8 Å². The second-order valence-electron chi connectivity index (χ2n) is 9.72. The fraction of sp³-hybridized carbons (Fsp3) is 0.0909. The van der Waals surface area contributed by atoms with E-state index in [1.807, 2.05) is 0 Å². The molecule has 6 rings (SSSR count). The molecule has 8 nitrogen and oxygen atoms in total. The summed E-state index contributed by atoms with van der Waals surface area (Å²) in [4.78, 5) is 4.56. The third kappa shape index (κ3) is 5.57. The zero-order valence-electron chi connectivity index (χ0n) is 23.5. The molecule has 1 radical (unpaired) electrons. The predicted molar refractivity (Wildman–Crippen MR) is 166 cm³/mol. The third-order valence-corrected chi connectivity index (χ3v) is 9.15. The molecule has 11 heteroatoms. The van der Waals surface area contributed by atoms with Gasteiger partial charge in [-0.15, -0.1) is 0 Å². The smallest absolute Gasteiger partial charge is 0.265 e. The van der Waals surface area contributed by atoms with Gasteiger partial charge in [-0.1, -0.05) is 47.1 Å². The summed E-state index contributed by atoms with van der Waals surface area (Å²) in [6.45, 7) is 0.00949. The first-order valence-corrected chi connectivity index (χ1v) is 15.1. The van der Waals surface area contributed by atoms with E-state index in [1.54, 1.807) is 61.7 Å². The summed E-state index contributed by atoms with van der Waals surface area (Å²) < 4.78 is 59.0. The highest BCUT2D eigenvalue weighted by molar-refractivity contribution is 7.92. The van der Waals surface area contributed by atoms with Crippen LogP contribution in [0.5, 0.6) is 11.5 Å². The van der Waals surface area contributed by atoms with Crippen LogP contribution in [0.2, 0.25) is 5.02 Å². The fourth-order valence-electron chi connectivity index (χ4n) is 4.89. The molecule has 2 heterocycles. The van der Waals surface area contributed by atoms with Crippen molar-refractivity contribution in [3.63, 3.8) is 0 Å². The Labute approximate surface area is 258 Å². The van der Waals surface area contributed by atoms with Gasteiger partial charge in [0.05, 0.1) is 31.4 Å². The molecule has 0 bridgehead atoms. The average molecular weight is 629 g/mol. The molecular formula is C33H24ClFN3O5S. The van der Waals surface area contributed by atoms with Gasteiger partial charge in [0.1, 0.15) is 23.6 Å². The number of nitrogens with zero attached hydrogens (tertiary/aromatic N) is 3. The number of sulfonamides is 1. The Morgan fingerprint density at radius 3 is 2.48 bits per heavy atom. The van der Waals surface area contributed by atoms with Crippen LogP contribution in [0.3, 0.4) is 0 Å². The topological polar surface area (TPSA) is 94.8 Å². The monoisotopic (exact) mass is 628 g/mol. The van der Waals surface area contributed by atoms with E-state index in [0.717, 1.165) is 5.56 Å². The first kappa shape index (κ1) is 29.2. The molecule has 6 aromatic rings. The number of halogens is 2. The molecule has 4 aromatic carbocycles. The van der Waals surface area contributed by atoms with Crippen molar-refractivity contribution >= 4 is 38.2 Å². The van der Waals surface area contributed by atoms with E-state index in [4.69, 9.17) is 25.6 Å². The van der Waals surface area contributed by atoms with Crippen LogP contribution in [0.4, 0.5) is 10.2 Å². The lowest BCUT2D eigenvalue weighted by atomic mass is 9.98. The van der Waals surface area contributed by atoms with Gasteiger partial charge in [-0.2, -0.15) is 0 Å². The summed E-state index contributed by atoms with van der Waals surface area (Å²) in [5.41, 5.74) is 3.01. The van der Waals surface area contributed by atoms with Crippen molar-refractivity contribution in [3.8, 4) is 33.9 Å². The number of hydrogen-bond donors (Lipinski definition) is 0. The van der Waals surface area contributed by atoms with Crippen molar-refractivity contribution in [2.24, 2.45) is 0 Å². The Morgan fingerprint density at radius 1 is 0.955 bits per heavy atom. The van der Waals surface area contributed by atoms with Crippen molar-refractivity contribution in [3.05, 3.63) is 120 Å². The van der Waals surface area contributed by atoms with E-state index < -0.39 is 10.0 Å². The van der Waals surface area contributed by atoms with Gasteiger partial charge in [-0.3, -0.25) is 4.98 Å². The van der Waals surface area contributed by atoms with Crippen LogP contribution >= 0.6 is 11.6 Å². The molecule has 0 aliphatic rings. The van der Waals surface area contributed by atoms with Crippen molar-refractivity contribution in [2.45, 2.75) is 11.4 Å². The van der Waals surface area contributed by atoms with Crippen molar-refractivity contribution < 1.29 is 26.8 Å². The van der Waals surface area contributed by atoms with E-state index in [0.29, 0.717) is 49.7 Å². The van der Waals surface area contributed by atoms with Gasteiger partial charge in [0.2, 0.25) is 0 Å². The molecule has 0 aliphatic carbocycles. The van der Waals surface area contributed by atoms with E-state index in [2.05, 4.69) is 16.2 Å². The van der Waals surface area contributed by atoms with Crippen molar-refractivity contribution in [2.75, 3.05) is 18.5 Å². The fourth-order valence-corrected chi connectivity index (χ4v) is 6.59. The standard InChI is InChI=1S/C33H24ClFN3O5S/c1-41-25-8-6-21(7-9-25)20-38(32-13-15-43-37-32)44(39,40)26-10-11-27-23(17-26)12-14-36-33(27)29-18-30(34)28(19-31(29)42-2)22-4-3-5-24(35)16-22/h3-11,13-19H,20H2,1-2H3. The number of pyridine rings is 1. The highest BCUT2D eigenvalue weighted by Gasteiger charge is 2.28. The first-order valence-electron chi connectivity index (χ1n) is 13.3. The summed E-state index contributed by atoms with van der Waals surface area (Å²) in [5, 5.41) is 5.40. The number of aromatic nitrogens is 2. The zero-order valence-corrected chi connectivity index (χ0v) is 25.1. The zero-order chi connectivity index (χ0) is 30.8. The molecule has 0 N–H and O–H groups in total. The lowest BCUT2D eigenvalue weighted by Gasteiger charge is -2.22. The molecule has 0 saturated heterocycles. The Bertz CT molecular complexity index is 2070.